The van der Waals surface area contributed by atoms with Crippen LogP contribution in [0.15, 0.2) is 10.6 Å². The van der Waals surface area contributed by atoms with Crippen LogP contribution < -0.4 is 5.73 Å². The zero-order valence-corrected chi connectivity index (χ0v) is 11.3. The first-order valence-corrected chi connectivity index (χ1v) is 6.58. The number of rotatable bonds is 3. The Bertz CT molecular complexity index is 420. The lowest BCUT2D eigenvalue weighted by atomic mass is 9.85. The number of hydrogen-bond donors (Lipinski definition) is 1. The van der Waals surface area contributed by atoms with Crippen LogP contribution in [0.4, 0.5) is 0 Å². The Morgan fingerprint density at radius 1 is 1.22 bits per heavy atom. The Balaban J connectivity index is 0.00000120. The quantitative estimate of drug-likeness (QED) is 0.916. The van der Waals surface area contributed by atoms with Crippen LogP contribution in [0.3, 0.4) is 0 Å². The molecule has 1 heterocycles. The molecule has 2 fully saturated rings. The minimum Gasteiger partial charge on any atom is -0.335 e. The van der Waals surface area contributed by atoms with Crippen molar-refractivity contribution in [3.63, 3.8) is 0 Å². The van der Waals surface area contributed by atoms with Gasteiger partial charge in [-0.3, -0.25) is 0 Å². The third-order valence-electron chi connectivity index (χ3n) is 4.04. The number of nitrogens with two attached hydrogens (primary N) is 1. The van der Waals surface area contributed by atoms with E-state index in [9.17, 15) is 0 Å². The minimum atomic E-state index is -0.341. The van der Waals surface area contributed by atoms with Gasteiger partial charge in [-0.25, -0.2) is 0 Å². The van der Waals surface area contributed by atoms with Gasteiger partial charge in [-0.15, -0.1) is 12.4 Å². The molecule has 0 radical (unpaired) electrons. The summed E-state index contributed by atoms with van der Waals surface area (Å²) in [6, 6.07) is 0. The first-order chi connectivity index (χ1) is 8.26. The van der Waals surface area contributed by atoms with Gasteiger partial charge in [0, 0.05) is 0 Å². The molecule has 3 rings (SSSR count). The topological polar surface area (TPSA) is 64.9 Å². The molecule has 2 N–H and O–H groups in total. The molecule has 2 saturated carbocycles. The van der Waals surface area contributed by atoms with Crippen molar-refractivity contribution in [3.8, 4) is 0 Å². The molecule has 0 amide bonds. The molecule has 2 aliphatic rings. The van der Waals surface area contributed by atoms with E-state index in [2.05, 4.69) is 16.2 Å². The number of hydrogen-bond acceptors (Lipinski definition) is 4. The van der Waals surface area contributed by atoms with E-state index in [-0.39, 0.29) is 17.9 Å². The van der Waals surface area contributed by atoms with Gasteiger partial charge in [0.2, 0.25) is 5.89 Å². The van der Waals surface area contributed by atoms with Crippen molar-refractivity contribution in [1.29, 1.82) is 0 Å². The Morgan fingerprint density at radius 2 is 1.94 bits per heavy atom. The maximum absolute atomic E-state index is 6.28. The molecule has 0 saturated heterocycles. The summed E-state index contributed by atoms with van der Waals surface area (Å²) in [5, 5.41) is 4.03. The summed E-state index contributed by atoms with van der Waals surface area (Å²) in [7, 11) is 0. The summed E-state index contributed by atoms with van der Waals surface area (Å²) in [6.45, 7) is 0. The van der Waals surface area contributed by atoms with Crippen molar-refractivity contribution in [2.24, 2.45) is 11.7 Å². The molecule has 0 bridgehead atoms. The lowest BCUT2D eigenvalue weighted by Crippen LogP contribution is -2.34. The van der Waals surface area contributed by atoms with Crippen LogP contribution in [0, 0.1) is 5.92 Å². The first kappa shape index (κ1) is 13.6. The summed E-state index contributed by atoms with van der Waals surface area (Å²) in [5.74, 6) is 2.00. The SMILES string of the molecule is Cl.NC1(c2noc(/C=C/C3CCC3)n2)CCCC1. The highest BCUT2D eigenvalue weighted by Gasteiger charge is 2.35. The zero-order valence-electron chi connectivity index (χ0n) is 10.5. The molecule has 5 heteroatoms. The van der Waals surface area contributed by atoms with E-state index >= 15 is 0 Å². The van der Waals surface area contributed by atoms with Crippen LogP contribution in [0.25, 0.3) is 6.08 Å². The van der Waals surface area contributed by atoms with Crippen LogP contribution in [0.2, 0.25) is 0 Å². The molecule has 18 heavy (non-hydrogen) atoms. The zero-order chi connectivity index (χ0) is 11.7. The van der Waals surface area contributed by atoms with Gasteiger partial charge < -0.3 is 10.3 Å². The highest BCUT2D eigenvalue weighted by Crippen LogP contribution is 2.34. The third-order valence-corrected chi connectivity index (χ3v) is 4.04. The second kappa shape index (κ2) is 5.41. The summed E-state index contributed by atoms with van der Waals surface area (Å²) in [6.07, 6.45) is 12.3. The first-order valence-electron chi connectivity index (χ1n) is 6.58. The molecule has 2 aliphatic carbocycles. The van der Waals surface area contributed by atoms with E-state index in [0.717, 1.165) is 25.7 Å². The molecular formula is C13H20ClN3O. The fraction of sp³-hybridized carbons (Fsp3) is 0.692. The van der Waals surface area contributed by atoms with Gasteiger partial charge in [0.05, 0.1) is 5.54 Å². The van der Waals surface area contributed by atoms with E-state index < -0.39 is 0 Å². The standard InChI is InChI=1S/C13H19N3O.ClH/c14-13(8-1-2-9-13)12-15-11(17-16-12)7-6-10-4-3-5-10;/h6-7,10H,1-5,8-9,14H2;1H/b7-6+;. The molecule has 0 aliphatic heterocycles. The smallest absolute Gasteiger partial charge is 0.250 e. The monoisotopic (exact) mass is 269 g/mol. The van der Waals surface area contributed by atoms with E-state index in [0.29, 0.717) is 17.6 Å². The number of nitrogens with zero attached hydrogens (tertiary/aromatic N) is 2. The normalized spacial score (nSPS) is 22.9. The summed E-state index contributed by atoms with van der Waals surface area (Å²) in [4.78, 5) is 4.40. The molecule has 4 nitrogen and oxygen atoms in total. The third kappa shape index (κ3) is 2.59. The van der Waals surface area contributed by atoms with Crippen molar-refractivity contribution in [2.45, 2.75) is 50.5 Å². The Kier molecular flexibility index (Phi) is 4.07. The van der Waals surface area contributed by atoms with Gasteiger partial charge in [0.1, 0.15) is 0 Å². The highest BCUT2D eigenvalue weighted by molar-refractivity contribution is 5.85. The van der Waals surface area contributed by atoms with Gasteiger partial charge in [0.15, 0.2) is 5.82 Å². The lowest BCUT2D eigenvalue weighted by molar-refractivity contribution is 0.363. The van der Waals surface area contributed by atoms with Crippen molar-refractivity contribution < 1.29 is 4.52 Å². The van der Waals surface area contributed by atoms with Gasteiger partial charge in [-0.05, 0) is 37.7 Å². The lowest BCUT2D eigenvalue weighted by Gasteiger charge is -2.20. The summed E-state index contributed by atoms with van der Waals surface area (Å²) in [5.41, 5.74) is 5.94. The van der Waals surface area contributed by atoms with Gasteiger partial charge in [-0.2, -0.15) is 4.98 Å². The predicted octanol–water partition coefficient (Wildman–Crippen LogP) is 3.03. The number of allylic oxidation sites excluding steroid dienone is 1. The van der Waals surface area contributed by atoms with Crippen LogP contribution in [-0.2, 0) is 5.54 Å². The Labute approximate surface area is 113 Å². The van der Waals surface area contributed by atoms with Gasteiger partial charge >= 0.3 is 0 Å². The average molecular weight is 270 g/mol. The van der Waals surface area contributed by atoms with E-state index in [1.807, 2.05) is 6.08 Å². The van der Waals surface area contributed by atoms with Crippen molar-refractivity contribution in [3.05, 3.63) is 17.8 Å². The van der Waals surface area contributed by atoms with E-state index in [1.165, 1.54) is 19.3 Å². The van der Waals surface area contributed by atoms with Crippen molar-refractivity contribution in [1.82, 2.24) is 10.1 Å². The predicted molar refractivity (Wildman–Crippen MR) is 72.3 cm³/mol. The maximum Gasteiger partial charge on any atom is 0.250 e. The average Bonchev–Trinajstić information content (AvgIpc) is 2.85. The molecule has 0 spiro atoms. The molecule has 1 aromatic rings. The van der Waals surface area contributed by atoms with Gasteiger partial charge in [0.25, 0.3) is 0 Å². The van der Waals surface area contributed by atoms with Gasteiger partial charge in [-0.1, -0.05) is 30.5 Å². The number of aromatic nitrogens is 2. The largest absolute Gasteiger partial charge is 0.335 e. The second-order valence-corrected chi connectivity index (χ2v) is 5.37. The van der Waals surface area contributed by atoms with Crippen LogP contribution in [0.5, 0.6) is 0 Å². The fourth-order valence-corrected chi connectivity index (χ4v) is 2.59. The summed E-state index contributed by atoms with van der Waals surface area (Å²) >= 11 is 0. The van der Waals surface area contributed by atoms with Crippen LogP contribution in [-0.4, -0.2) is 10.1 Å². The van der Waals surface area contributed by atoms with Crippen molar-refractivity contribution >= 4 is 18.5 Å². The molecule has 0 aromatic carbocycles. The van der Waals surface area contributed by atoms with Crippen LogP contribution >= 0.6 is 12.4 Å². The molecule has 1 aromatic heterocycles. The van der Waals surface area contributed by atoms with E-state index in [4.69, 9.17) is 10.3 Å². The second-order valence-electron chi connectivity index (χ2n) is 5.37. The molecule has 100 valence electrons. The minimum absolute atomic E-state index is 0. The van der Waals surface area contributed by atoms with E-state index in [1.54, 1.807) is 0 Å². The highest BCUT2D eigenvalue weighted by atomic mass is 35.5. The fourth-order valence-electron chi connectivity index (χ4n) is 2.59. The molecule has 0 atom stereocenters. The Hall–Kier alpha value is -0.870. The maximum atomic E-state index is 6.28. The molecular weight excluding hydrogens is 250 g/mol. The summed E-state index contributed by atoms with van der Waals surface area (Å²) < 4.78 is 5.23. The van der Waals surface area contributed by atoms with Crippen molar-refractivity contribution in [2.75, 3.05) is 0 Å². The van der Waals surface area contributed by atoms with Crippen LogP contribution in [0.1, 0.15) is 56.7 Å². The Morgan fingerprint density at radius 3 is 2.56 bits per heavy atom. The molecule has 0 unspecified atom stereocenters. The number of halogens is 1.